The van der Waals surface area contributed by atoms with Gasteiger partial charge in [0, 0.05) is 24.3 Å². The van der Waals surface area contributed by atoms with Crippen molar-refractivity contribution in [3.63, 3.8) is 0 Å². The predicted octanol–water partition coefficient (Wildman–Crippen LogP) is 4.06. The fraction of sp³-hybridized carbons (Fsp3) is 0.647. The normalized spacial score (nSPS) is 24.1. The van der Waals surface area contributed by atoms with Crippen LogP contribution in [0.3, 0.4) is 0 Å². The average molecular weight is 260 g/mol. The molecule has 2 heteroatoms. The highest BCUT2D eigenvalue weighted by Crippen LogP contribution is 2.29. The first kappa shape index (κ1) is 14.4. The Balaban J connectivity index is 2.07. The molecule has 106 valence electrons. The molecule has 2 N–H and O–H groups in total. The van der Waals surface area contributed by atoms with Gasteiger partial charge in [0.05, 0.1) is 0 Å². The summed E-state index contributed by atoms with van der Waals surface area (Å²) in [6, 6.07) is 9.67. The Bertz CT molecular complexity index is 400. The number of nitrogens with zero attached hydrogens (tertiary/aromatic N) is 1. The first-order valence-electron chi connectivity index (χ1n) is 7.66. The predicted molar refractivity (Wildman–Crippen MR) is 83.0 cm³/mol. The van der Waals surface area contributed by atoms with Gasteiger partial charge in [-0.25, -0.2) is 0 Å². The smallest absolute Gasteiger partial charge is 0.0317 e. The van der Waals surface area contributed by atoms with Crippen LogP contribution in [0.1, 0.15) is 52.0 Å². The Labute approximate surface area is 118 Å². The van der Waals surface area contributed by atoms with E-state index in [1.807, 2.05) is 6.07 Å². The minimum absolute atomic E-state index is 0.594. The number of nitrogen functional groups attached to an aromatic ring is 1. The molecular formula is C17H28N2. The summed E-state index contributed by atoms with van der Waals surface area (Å²) in [6.45, 7) is 8.04. The molecule has 0 aliphatic heterocycles. The maximum Gasteiger partial charge on any atom is 0.0317 e. The van der Waals surface area contributed by atoms with Gasteiger partial charge in [-0.3, -0.25) is 4.90 Å². The second-order valence-corrected chi connectivity index (χ2v) is 6.44. The van der Waals surface area contributed by atoms with Gasteiger partial charge in [-0.1, -0.05) is 31.9 Å². The maximum atomic E-state index is 5.89. The molecule has 0 spiro atoms. The minimum atomic E-state index is 0.594. The van der Waals surface area contributed by atoms with Crippen LogP contribution in [0.5, 0.6) is 0 Å². The van der Waals surface area contributed by atoms with Gasteiger partial charge in [-0.2, -0.15) is 0 Å². The summed E-state index contributed by atoms with van der Waals surface area (Å²) in [5.74, 6) is 0.876. The highest BCUT2D eigenvalue weighted by atomic mass is 15.2. The van der Waals surface area contributed by atoms with Crippen LogP contribution < -0.4 is 5.73 Å². The van der Waals surface area contributed by atoms with Gasteiger partial charge in [-0.15, -0.1) is 0 Å². The van der Waals surface area contributed by atoms with Crippen LogP contribution >= 0.6 is 0 Å². The minimum Gasteiger partial charge on any atom is -0.399 e. The second kappa shape index (κ2) is 6.42. The number of rotatable bonds is 4. The van der Waals surface area contributed by atoms with Gasteiger partial charge in [0.1, 0.15) is 0 Å². The van der Waals surface area contributed by atoms with Crippen molar-refractivity contribution in [3.8, 4) is 0 Å². The fourth-order valence-electron chi connectivity index (χ4n) is 3.34. The van der Waals surface area contributed by atoms with Gasteiger partial charge >= 0.3 is 0 Å². The molecule has 0 aromatic heterocycles. The Hall–Kier alpha value is -1.02. The summed E-state index contributed by atoms with van der Waals surface area (Å²) in [6.07, 6.45) is 5.48. The molecular weight excluding hydrogens is 232 g/mol. The highest BCUT2D eigenvalue weighted by Gasteiger charge is 2.26. The number of hydrogen-bond donors (Lipinski definition) is 1. The zero-order chi connectivity index (χ0) is 13.8. The summed E-state index contributed by atoms with van der Waals surface area (Å²) in [5.41, 5.74) is 8.11. The summed E-state index contributed by atoms with van der Waals surface area (Å²) in [4.78, 5) is 2.66. The van der Waals surface area contributed by atoms with Crippen molar-refractivity contribution < 1.29 is 0 Å². The molecule has 1 saturated carbocycles. The van der Waals surface area contributed by atoms with Crippen LogP contribution in [0, 0.1) is 5.92 Å². The molecule has 1 aliphatic carbocycles. The van der Waals surface area contributed by atoms with Gasteiger partial charge < -0.3 is 5.73 Å². The summed E-state index contributed by atoms with van der Waals surface area (Å²) >= 11 is 0. The van der Waals surface area contributed by atoms with Crippen molar-refractivity contribution in [1.29, 1.82) is 0 Å². The van der Waals surface area contributed by atoms with Gasteiger partial charge in [-0.05, 0) is 50.3 Å². The topological polar surface area (TPSA) is 29.3 Å². The van der Waals surface area contributed by atoms with E-state index in [1.165, 1.54) is 31.2 Å². The van der Waals surface area contributed by atoms with Crippen LogP contribution in [0.15, 0.2) is 24.3 Å². The SMILES string of the molecule is CC1CCCC(N(Cc2cccc(N)c2)C(C)C)C1. The molecule has 2 atom stereocenters. The van der Waals surface area contributed by atoms with E-state index in [9.17, 15) is 0 Å². The lowest BCUT2D eigenvalue weighted by Gasteiger charge is -2.39. The van der Waals surface area contributed by atoms with E-state index in [2.05, 4.69) is 43.9 Å². The van der Waals surface area contributed by atoms with Crippen LogP contribution in [-0.4, -0.2) is 17.0 Å². The maximum absolute atomic E-state index is 5.89. The Morgan fingerprint density at radius 2 is 2.11 bits per heavy atom. The van der Waals surface area contributed by atoms with Crippen LogP contribution in [0.4, 0.5) is 5.69 Å². The van der Waals surface area contributed by atoms with Gasteiger partial charge in [0.2, 0.25) is 0 Å². The molecule has 1 aliphatic rings. The van der Waals surface area contributed by atoms with Gasteiger partial charge in [0.25, 0.3) is 0 Å². The van der Waals surface area contributed by atoms with E-state index in [4.69, 9.17) is 5.73 Å². The number of benzene rings is 1. The highest BCUT2D eigenvalue weighted by molar-refractivity contribution is 5.40. The Kier molecular flexibility index (Phi) is 4.87. The van der Waals surface area contributed by atoms with Crippen molar-refractivity contribution in [2.45, 2.75) is 65.1 Å². The van der Waals surface area contributed by atoms with E-state index >= 15 is 0 Å². The third kappa shape index (κ3) is 3.97. The van der Waals surface area contributed by atoms with E-state index < -0.39 is 0 Å². The molecule has 2 unspecified atom stereocenters. The summed E-state index contributed by atoms with van der Waals surface area (Å²) in [7, 11) is 0. The number of anilines is 1. The van der Waals surface area contributed by atoms with E-state index in [0.29, 0.717) is 6.04 Å². The molecule has 1 fully saturated rings. The third-order valence-corrected chi connectivity index (χ3v) is 4.36. The Morgan fingerprint density at radius 1 is 1.32 bits per heavy atom. The van der Waals surface area contributed by atoms with Gasteiger partial charge in [0.15, 0.2) is 0 Å². The number of hydrogen-bond acceptors (Lipinski definition) is 2. The third-order valence-electron chi connectivity index (χ3n) is 4.36. The molecule has 1 aromatic carbocycles. The van der Waals surface area contributed by atoms with E-state index in [-0.39, 0.29) is 0 Å². The molecule has 2 nitrogen and oxygen atoms in total. The first-order chi connectivity index (χ1) is 9.06. The molecule has 1 aromatic rings. The quantitative estimate of drug-likeness (QED) is 0.827. The van der Waals surface area contributed by atoms with Crippen molar-refractivity contribution >= 4 is 5.69 Å². The van der Waals surface area contributed by atoms with Crippen molar-refractivity contribution in [3.05, 3.63) is 29.8 Å². The first-order valence-corrected chi connectivity index (χ1v) is 7.66. The lowest BCUT2D eigenvalue weighted by Crippen LogP contribution is -2.42. The lowest BCUT2D eigenvalue weighted by atomic mass is 9.85. The second-order valence-electron chi connectivity index (χ2n) is 6.44. The van der Waals surface area contributed by atoms with Crippen LogP contribution in [0.25, 0.3) is 0 Å². The summed E-state index contributed by atoms with van der Waals surface area (Å²) in [5, 5.41) is 0. The zero-order valence-corrected chi connectivity index (χ0v) is 12.6. The molecule has 19 heavy (non-hydrogen) atoms. The van der Waals surface area contributed by atoms with Crippen LogP contribution in [0.2, 0.25) is 0 Å². The monoisotopic (exact) mass is 260 g/mol. The van der Waals surface area contributed by atoms with Crippen molar-refractivity contribution in [2.24, 2.45) is 5.92 Å². The molecule has 0 bridgehead atoms. The zero-order valence-electron chi connectivity index (χ0n) is 12.6. The molecule has 0 radical (unpaired) electrons. The molecule has 0 amide bonds. The summed E-state index contributed by atoms with van der Waals surface area (Å²) < 4.78 is 0. The van der Waals surface area contributed by atoms with Crippen LogP contribution in [-0.2, 0) is 6.54 Å². The van der Waals surface area contributed by atoms with E-state index in [1.54, 1.807) is 0 Å². The van der Waals surface area contributed by atoms with Crippen molar-refractivity contribution in [2.75, 3.05) is 5.73 Å². The molecule has 0 saturated heterocycles. The van der Waals surface area contributed by atoms with E-state index in [0.717, 1.165) is 24.2 Å². The Morgan fingerprint density at radius 3 is 2.74 bits per heavy atom. The standard InChI is InChI=1S/C17H28N2/c1-13(2)19(17-9-4-6-14(3)10-17)12-15-7-5-8-16(18)11-15/h5,7-8,11,13-14,17H,4,6,9-10,12,18H2,1-3H3. The average Bonchev–Trinajstić information content (AvgIpc) is 2.35. The lowest BCUT2D eigenvalue weighted by molar-refractivity contribution is 0.0955. The number of nitrogens with two attached hydrogens (primary N) is 1. The van der Waals surface area contributed by atoms with Crippen molar-refractivity contribution in [1.82, 2.24) is 4.90 Å². The largest absolute Gasteiger partial charge is 0.399 e. The molecule has 2 rings (SSSR count). The molecule has 0 heterocycles. The fourth-order valence-corrected chi connectivity index (χ4v) is 3.34.